The van der Waals surface area contributed by atoms with Crippen molar-refractivity contribution in [3.63, 3.8) is 0 Å². The Hall–Kier alpha value is -1.59. The number of carbonyl (C=O) groups is 1. The van der Waals surface area contributed by atoms with Crippen molar-refractivity contribution >= 4 is 5.91 Å². The normalized spacial score (nSPS) is 12.1. The van der Waals surface area contributed by atoms with E-state index >= 15 is 0 Å². The van der Waals surface area contributed by atoms with E-state index in [9.17, 15) is 4.79 Å². The van der Waals surface area contributed by atoms with Gasteiger partial charge in [-0.25, -0.2) is 5.84 Å². The molecule has 5 heteroatoms. The standard InChI is InChI=1S/C12H19N3O2/c1-7-6-10(17-4)8(2)5-9(7)11(13)12(16)15(3)14/h5-6,11H,13-14H2,1-4H3. The van der Waals surface area contributed by atoms with Crippen LogP contribution in [0.2, 0.25) is 0 Å². The number of ether oxygens (including phenoxy) is 1. The van der Waals surface area contributed by atoms with Crippen molar-refractivity contribution in [2.24, 2.45) is 11.6 Å². The molecule has 0 bridgehead atoms. The highest BCUT2D eigenvalue weighted by molar-refractivity contribution is 5.82. The molecule has 0 spiro atoms. The van der Waals surface area contributed by atoms with Gasteiger partial charge in [0.25, 0.3) is 5.91 Å². The number of hydrogen-bond acceptors (Lipinski definition) is 4. The summed E-state index contributed by atoms with van der Waals surface area (Å²) in [7, 11) is 3.09. The predicted molar refractivity (Wildman–Crippen MR) is 66.4 cm³/mol. The number of rotatable bonds is 3. The number of methoxy groups -OCH3 is 1. The van der Waals surface area contributed by atoms with Gasteiger partial charge in [-0.1, -0.05) is 6.07 Å². The minimum absolute atomic E-state index is 0.322. The first kappa shape index (κ1) is 13.5. The number of hydrazine groups is 1. The second-order valence-corrected chi connectivity index (χ2v) is 4.11. The average molecular weight is 237 g/mol. The minimum atomic E-state index is -0.741. The Kier molecular flexibility index (Phi) is 4.09. The van der Waals surface area contributed by atoms with E-state index in [1.807, 2.05) is 26.0 Å². The predicted octanol–water partition coefficient (Wildman–Crippen LogP) is 0.644. The van der Waals surface area contributed by atoms with Crippen LogP contribution in [0.3, 0.4) is 0 Å². The summed E-state index contributed by atoms with van der Waals surface area (Å²) >= 11 is 0. The summed E-state index contributed by atoms with van der Waals surface area (Å²) in [6, 6.07) is 2.99. The van der Waals surface area contributed by atoms with Gasteiger partial charge in [0.15, 0.2) is 0 Å². The largest absolute Gasteiger partial charge is 0.496 e. The highest BCUT2D eigenvalue weighted by atomic mass is 16.5. The zero-order valence-corrected chi connectivity index (χ0v) is 10.7. The third-order valence-electron chi connectivity index (χ3n) is 2.73. The number of nitrogens with two attached hydrogens (primary N) is 2. The Bertz CT molecular complexity index is 430. The molecule has 0 fully saturated rings. The second kappa shape index (κ2) is 5.16. The lowest BCUT2D eigenvalue weighted by molar-refractivity contribution is -0.131. The van der Waals surface area contributed by atoms with E-state index in [1.54, 1.807) is 7.11 Å². The van der Waals surface area contributed by atoms with E-state index in [1.165, 1.54) is 7.05 Å². The van der Waals surface area contributed by atoms with Crippen molar-refractivity contribution in [1.82, 2.24) is 5.01 Å². The molecule has 1 amide bonds. The molecule has 1 aromatic carbocycles. The van der Waals surface area contributed by atoms with E-state index in [2.05, 4.69) is 0 Å². The van der Waals surface area contributed by atoms with Crippen molar-refractivity contribution in [3.05, 3.63) is 28.8 Å². The van der Waals surface area contributed by atoms with Gasteiger partial charge in [0.1, 0.15) is 11.8 Å². The molecule has 1 atom stereocenters. The molecule has 0 radical (unpaired) electrons. The summed E-state index contributed by atoms with van der Waals surface area (Å²) in [6.07, 6.45) is 0. The molecule has 17 heavy (non-hydrogen) atoms. The Morgan fingerprint density at radius 2 is 1.94 bits per heavy atom. The van der Waals surface area contributed by atoms with Gasteiger partial charge in [0.2, 0.25) is 0 Å². The Morgan fingerprint density at radius 1 is 1.35 bits per heavy atom. The molecule has 0 aliphatic rings. The minimum Gasteiger partial charge on any atom is -0.496 e. The Morgan fingerprint density at radius 3 is 2.41 bits per heavy atom. The van der Waals surface area contributed by atoms with E-state index < -0.39 is 6.04 Å². The molecule has 4 N–H and O–H groups in total. The molecule has 0 heterocycles. The zero-order valence-electron chi connectivity index (χ0n) is 10.7. The van der Waals surface area contributed by atoms with Crippen molar-refractivity contribution in [2.45, 2.75) is 19.9 Å². The second-order valence-electron chi connectivity index (χ2n) is 4.11. The van der Waals surface area contributed by atoms with Gasteiger partial charge in [0.05, 0.1) is 7.11 Å². The molecule has 0 saturated heterocycles. The van der Waals surface area contributed by atoms with E-state index in [4.69, 9.17) is 16.3 Å². The zero-order chi connectivity index (χ0) is 13.2. The molecule has 1 rings (SSSR count). The summed E-state index contributed by atoms with van der Waals surface area (Å²) in [6.45, 7) is 3.80. The fraction of sp³-hybridized carbons (Fsp3) is 0.417. The molecule has 0 aliphatic heterocycles. The summed E-state index contributed by atoms with van der Waals surface area (Å²) in [5, 5.41) is 1.00. The number of amides is 1. The maximum absolute atomic E-state index is 11.7. The highest BCUT2D eigenvalue weighted by Gasteiger charge is 2.20. The number of hydrogen-bond donors (Lipinski definition) is 2. The molecule has 94 valence electrons. The lowest BCUT2D eigenvalue weighted by Crippen LogP contribution is -2.40. The smallest absolute Gasteiger partial charge is 0.257 e. The van der Waals surface area contributed by atoms with Gasteiger partial charge >= 0.3 is 0 Å². The maximum Gasteiger partial charge on any atom is 0.257 e. The maximum atomic E-state index is 11.7. The van der Waals surface area contributed by atoms with E-state index in [0.717, 1.165) is 27.4 Å². The monoisotopic (exact) mass is 237 g/mol. The van der Waals surface area contributed by atoms with Crippen LogP contribution in [-0.4, -0.2) is 25.1 Å². The molecular formula is C12H19N3O2. The van der Waals surface area contributed by atoms with Crippen molar-refractivity contribution < 1.29 is 9.53 Å². The first-order chi connectivity index (χ1) is 7.88. The molecule has 1 unspecified atom stereocenters. The number of likely N-dealkylation sites (N-methyl/N-ethyl adjacent to an activating group) is 1. The van der Waals surface area contributed by atoms with Crippen LogP contribution < -0.4 is 16.3 Å². The van der Waals surface area contributed by atoms with Crippen LogP contribution in [-0.2, 0) is 4.79 Å². The third kappa shape index (κ3) is 2.75. The van der Waals surface area contributed by atoms with Gasteiger partial charge in [-0.05, 0) is 36.6 Å². The lowest BCUT2D eigenvalue weighted by atomic mass is 9.98. The van der Waals surface area contributed by atoms with E-state index in [-0.39, 0.29) is 5.91 Å². The van der Waals surface area contributed by atoms with Crippen LogP contribution in [0.15, 0.2) is 12.1 Å². The number of aryl methyl sites for hydroxylation is 2. The molecular weight excluding hydrogens is 218 g/mol. The summed E-state index contributed by atoms with van der Waals surface area (Å²) in [5.74, 6) is 5.86. The fourth-order valence-electron chi connectivity index (χ4n) is 1.72. The van der Waals surface area contributed by atoms with Crippen LogP contribution in [0, 0.1) is 13.8 Å². The van der Waals surface area contributed by atoms with Gasteiger partial charge in [-0.3, -0.25) is 9.80 Å². The highest BCUT2D eigenvalue weighted by Crippen LogP contribution is 2.26. The average Bonchev–Trinajstić information content (AvgIpc) is 2.29. The first-order valence-corrected chi connectivity index (χ1v) is 5.31. The Balaban J connectivity index is 3.15. The van der Waals surface area contributed by atoms with Crippen LogP contribution in [0.5, 0.6) is 5.75 Å². The molecule has 5 nitrogen and oxygen atoms in total. The molecule has 0 saturated carbocycles. The van der Waals surface area contributed by atoms with Crippen LogP contribution in [0.1, 0.15) is 22.7 Å². The number of benzene rings is 1. The van der Waals surface area contributed by atoms with Crippen LogP contribution in [0.25, 0.3) is 0 Å². The van der Waals surface area contributed by atoms with Crippen molar-refractivity contribution in [2.75, 3.05) is 14.2 Å². The first-order valence-electron chi connectivity index (χ1n) is 5.31. The quantitative estimate of drug-likeness (QED) is 0.459. The lowest BCUT2D eigenvalue weighted by Gasteiger charge is -2.19. The molecule has 0 aliphatic carbocycles. The topological polar surface area (TPSA) is 81.6 Å². The summed E-state index contributed by atoms with van der Waals surface area (Å²) in [4.78, 5) is 11.7. The van der Waals surface area contributed by atoms with Gasteiger partial charge < -0.3 is 10.5 Å². The van der Waals surface area contributed by atoms with Crippen LogP contribution >= 0.6 is 0 Å². The molecule has 1 aromatic rings. The van der Waals surface area contributed by atoms with Gasteiger partial charge in [-0.2, -0.15) is 0 Å². The van der Waals surface area contributed by atoms with Gasteiger partial charge in [-0.15, -0.1) is 0 Å². The van der Waals surface area contributed by atoms with Crippen LogP contribution in [0.4, 0.5) is 0 Å². The van der Waals surface area contributed by atoms with Crippen molar-refractivity contribution in [3.8, 4) is 5.75 Å². The fourth-order valence-corrected chi connectivity index (χ4v) is 1.72. The summed E-state index contributed by atoms with van der Waals surface area (Å²) in [5.41, 5.74) is 8.51. The Labute approximate surface area is 101 Å². The van der Waals surface area contributed by atoms with Crippen molar-refractivity contribution in [1.29, 1.82) is 0 Å². The van der Waals surface area contributed by atoms with E-state index in [0.29, 0.717) is 0 Å². The number of nitrogens with zero attached hydrogens (tertiary/aromatic N) is 1. The number of carbonyl (C=O) groups excluding carboxylic acids is 1. The summed E-state index contributed by atoms with van der Waals surface area (Å²) < 4.78 is 5.21. The van der Waals surface area contributed by atoms with Gasteiger partial charge in [0, 0.05) is 7.05 Å². The molecule has 0 aromatic heterocycles. The SMILES string of the molecule is COc1cc(C)c(C(N)C(=O)N(C)N)cc1C. The third-order valence-corrected chi connectivity index (χ3v) is 2.73.